The van der Waals surface area contributed by atoms with Crippen molar-refractivity contribution in [2.45, 2.75) is 26.8 Å². The van der Waals surface area contributed by atoms with Crippen molar-refractivity contribution in [3.8, 4) is 5.75 Å². The van der Waals surface area contributed by atoms with Crippen LogP contribution < -0.4 is 10.1 Å². The second kappa shape index (κ2) is 9.31. The number of aromatic nitrogens is 1. The number of nitrogens with one attached hydrogen (secondary N) is 1. The van der Waals surface area contributed by atoms with E-state index in [-0.39, 0.29) is 11.8 Å². The first kappa shape index (κ1) is 21.1. The van der Waals surface area contributed by atoms with Crippen LogP contribution in [0.1, 0.15) is 45.1 Å². The zero-order valence-corrected chi connectivity index (χ0v) is 18.4. The van der Waals surface area contributed by atoms with Crippen molar-refractivity contribution < 1.29 is 14.3 Å². The largest absolute Gasteiger partial charge is 0.493 e. The zero-order valence-electron chi connectivity index (χ0n) is 17.6. The van der Waals surface area contributed by atoms with Crippen LogP contribution in [0.5, 0.6) is 5.75 Å². The minimum atomic E-state index is -0.224. The van der Waals surface area contributed by atoms with Crippen LogP contribution in [0.4, 0.5) is 5.13 Å². The minimum Gasteiger partial charge on any atom is -0.493 e. The molecule has 2 aromatic carbocycles. The number of carbonyl (C=O) groups is 2. The van der Waals surface area contributed by atoms with Gasteiger partial charge in [0.1, 0.15) is 5.75 Å². The lowest BCUT2D eigenvalue weighted by molar-refractivity contribution is 0.0736. The summed E-state index contributed by atoms with van der Waals surface area (Å²) in [6.45, 7) is 5.88. The summed E-state index contributed by atoms with van der Waals surface area (Å²) in [4.78, 5) is 32.9. The predicted molar refractivity (Wildman–Crippen MR) is 122 cm³/mol. The third kappa shape index (κ3) is 5.11. The summed E-state index contributed by atoms with van der Waals surface area (Å²) in [5.74, 6) is 0.879. The lowest BCUT2D eigenvalue weighted by Crippen LogP contribution is -2.35. The average Bonchev–Trinajstić information content (AvgIpc) is 3.19. The van der Waals surface area contributed by atoms with Gasteiger partial charge in [-0.25, -0.2) is 4.98 Å². The van der Waals surface area contributed by atoms with Crippen LogP contribution in [0.2, 0.25) is 0 Å². The van der Waals surface area contributed by atoms with E-state index in [1.54, 1.807) is 12.1 Å². The van der Waals surface area contributed by atoms with Gasteiger partial charge in [-0.3, -0.25) is 14.9 Å². The number of fused-ring (bicyclic) bond motifs is 1. The van der Waals surface area contributed by atoms with Gasteiger partial charge in [0.25, 0.3) is 11.8 Å². The van der Waals surface area contributed by atoms with E-state index in [4.69, 9.17) is 4.74 Å². The molecule has 1 N–H and O–H groups in total. The van der Waals surface area contributed by atoms with Crippen LogP contribution in [-0.4, -0.2) is 34.8 Å². The van der Waals surface area contributed by atoms with E-state index in [9.17, 15) is 9.59 Å². The van der Waals surface area contributed by atoms with Crippen molar-refractivity contribution in [2.24, 2.45) is 5.92 Å². The van der Waals surface area contributed by atoms with Crippen molar-refractivity contribution >= 4 is 28.3 Å². The van der Waals surface area contributed by atoms with E-state index in [1.807, 2.05) is 47.4 Å². The number of ether oxygens (including phenoxy) is 1. The first-order chi connectivity index (χ1) is 15.0. The molecule has 3 aromatic rings. The van der Waals surface area contributed by atoms with Crippen LogP contribution in [0.3, 0.4) is 0 Å². The number of benzene rings is 2. The smallest absolute Gasteiger partial charge is 0.257 e. The maximum absolute atomic E-state index is 12.7. The van der Waals surface area contributed by atoms with Gasteiger partial charge in [0.05, 0.1) is 18.8 Å². The van der Waals surface area contributed by atoms with Crippen LogP contribution in [0.25, 0.3) is 0 Å². The summed E-state index contributed by atoms with van der Waals surface area (Å²) in [5, 5.41) is 3.45. The van der Waals surface area contributed by atoms with Gasteiger partial charge in [-0.15, -0.1) is 0 Å². The zero-order chi connectivity index (χ0) is 21.8. The standard InChI is InChI=1S/C24H25N3O3S/c1-16(2)15-30-19-10-6-9-18(13-19)22(28)26-24-25-20-11-12-27(14-21(20)31-24)23(29)17-7-4-3-5-8-17/h3-10,13,16H,11-12,14-15H2,1-2H3,(H,25,26,28). The number of amides is 2. The highest BCUT2D eigenvalue weighted by Crippen LogP contribution is 2.29. The van der Waals surface area contributed by atoms with Gasteiger partial charge in [-0.2, -0.15) is 0 Å². The summed E-state index contributed by atoms with van der Waals surface area (Å²) in [5.41, 5.74) is 2.16. The molecule has 0 fully saturated rings. The molecule has 6 nitrogen and oxygen atoms in total. The predicted octanol–water partition coefficient (Wildman–Crippen LogP) is 4.63. The minimum absolute atomic E-state index is 0.0171. The number of hydrogen-bond donors (Lipinski definition) is 1. The highest BCUT2D eigenvalue weighted by atomic mass is 32.1. The lowest BCUT2D eigenvalue weighted by atomic mass is 10.1. The monoisotopic (exact) mass is 435 g/mol. The van der Waals surface area contributed by atoms with Crippen LogP contribution >= 0.6 is 11.3 Å². The van der Waals surface area contributed by atoms with Gasteiger partial charge in [-0.05, 0) is 36.2 Å². The second-order valence-corrected chi connectivity index (χ2v) is 9.00. The van der Waals surface area contributed by atoms with E-state index in [0.717, 1.165) is 10.6 Å². The topological polar surface area (TPSA) is 71.5 Å². The maximum Gasteiger partial charge on any atom is 0.257 e. The lowest BCUT2D eigenvalue weighted by Gasteiger charge is -2.26. The van der Waals surface area contributed by atoms with E-state index < -0.39 is 0 Å². The van der Waals surface area contributed by atoms with Crippen molar-refractivity contribution in [3.63, 3.8) is 0 Å². The summed E-state index contributed by atoms with van der Waals surface area (Å²) in [6, 6.07) is 16.4. The molecule has 0 unspecified atom stereocenters. The Morgan fingerprint density at radius 3 is 2.68 bits per heavy atom. The Labute approximate surface area is 185 Å². The molecule has 0 spiro atoms. The Balaban J connectivity index is 1.42. The van der Waals surface area contributed by atoms with E-state index in [1.165, 1.54) is 11.3 Å². The maximum atomic E-state index is 12.7. The number of anilines is 1. The van der Waals surface area contributed by atoms with Crippen LogP contribution in [0, 0.1) is 5.92 Å². The fraction of sp³-hybridized carbons (Fsp3) is 0.292. The van der Waals surface area contributed by atoms with Gasteiger partial charge >= 0.3 is 0 Å². The van der Waals surface area contributed by atoms with E-state index in [0.29, 0.717) is 54.0 Å². The summed E-state index contributed by atoms with van der Waals surface area (Å²) in [7, 11) is 0. The van der Waals surface area contributed by atoms with Gasteiger partial charge in [0.2, 0.25) is 0 Å². The number of thiazole rings is 1. The molecule has 2 heterocycles. The highest BCUT2D eigenvalue weighted by molar-refractivity contribution is 7.15. The molecule has 4 rings (SSSR count). The summed E-state index contributed by atoms with van der Waals surface area (Å²) in [6.07, 6.45) is 0.679. The van der Waals surface area contributed by atoms with Crippen molar-refractivity contribution in [2.75, 3.05) is 18.5 Å². The molecule has 0 atom stereocenters. The molecule has 1 aliphatic rings. The molecule has 31 heavy (non-hydrogen) atoms. The summed E-state index contributed by atoms with van der Waals surface area (Å²) < 4.78 is 5.71. The quantitative estimate of drug-likeness (QED) is 0.613. The fourth-order valence-electron chi connectivity index (χ4n) is 3.34. The third-order valence-corrected chi connectivity index (χ3v) is 5.94. The Morgan fingerprint density at radius 1 is 1.13 bits per heavy atom. The van der Waals surface area contributed by atoms with Crippen LogP contribution in [-0.2, 0) is 13.0 Å². The fourth-order valence-corrected chi connectivity index (χ4v) is 4.36. The van der Waals surface area contributed by atoms with E-state index >= 15 is 0 Å². The molecule has 2 amide bonds. The number of carbonyl (C=O) groups excluding carboxylic acids is 2. The van der Waals surface area contributed by atoms with Gasteiger partial charge < -0.3 is 9.64 Å². The van der Waals surface area contributed by atoms with E-state index in [2.05, 4.69) is 24.1 Å². The molecule has 7 heteroatoms. The first-order valence-electron chi connectivity index (χ1n) is 10.4. The normalized spacial score (nSPS) is 13.1. The second-order valence-electron chi connectivity index (χ2n) is 7.92. The molecule has 1 aliphatic heterocycles. The van der Waals surface area contributed by atoms with Crippen molar-refractivity contribution in [3.05, 3.63) is 76.3 Å². The van der Waals surface area contributed by atoms with Gasteiger partial charge in [0.15, 0.2) is 5.13 Å². The SMILES string of the molecule is CC(C)COc1cccc(C(=O)Nc2nc3c(s2)CN(C(=O)c2ccccc2)CC3)c1. The summed E-state index contributed by atoms with van der Waals surface area (Å²) >= 11 is 1.42. The van der Waals surface area contributed by atoms with Crippen molar-refractivity contribution in [1.29, 1.82) is 0 Å². The number of nitrogens with zero attached hydrogens (tertiary/aromatic N) is 2. The van der Waals surface area contributed by atoms with Gasteiger partial charge in [-0.1, -0.05) is 49.4 Å². The van der Waals surface area contributed by atoms with Crippen molar-refractivity contribution in [1.82, 2.24) is 9.88 Å². The average molecular weight is 436 g/mol. The molecule has 1 aromatic heterocycles. The Kier molecular flexibility index (Phi) is 6.32. The van der Waals surface area contributed by atoms with Gasteiger partial charge in [0, 0.05) is 29.0 Å². The molecule has 160 valence electrons. The molecule has 0 saturated heterocycles. The first-order valence-corrected chi connectivity index (χ1v) is 11.2. The highest BCUT2D eigenvalue weighted by Gasteiger charge is 2.25. The molecular formula is C24H25N3O3S. The molecular weight excluding hydrogens is 410 g/mol. The van der Waals surface area contributed by atoms with Crippen LogP contribution in [0.15, 0.2) is 54.6 Å². The number of hydrogen-bond acceptors (Lipinski definition) is 5. The third-order valence-electron chi connectivity index (χ3n) is 4.94. The Hall–Kier alpha value is -3.19. The Bertz CT molecular complexity index is 1080. The molecule has 0 saturated carbocycles. The number of rotatable bonds is 6. The Morgan fingerprint density at radius 2 is 1.90 bits per heavy atom. The molecule has 0 bridgehead atoms. The molecule has 0 aliphatic carbocycles. The molecule has 0 radical (unpaired) electrons.